The van der Waals surface area contributed by atoms with Gasteiger partial charge in [0.1, 0.15) is 0 Å². The van der Waals surface area contributed by atoms with Crippen LogP contribution in [0.1, 0.15) is 11.1 Å². The van der Waals surface area contributed by atoms with Crippen LogP contribution in [0.3, 0.4) is 0 Å². The van der Waals surface area contributed by atoms with E-state index in [0.29, 0.717) is 0 Å². The summed E-state index contributed by atoms with van der Waals surface area (Å²) in [4.78, 5) is 4.08. The molecule has 0 unspecified atom stereocenters. The molecule has 0 aliphatic carbocycles. The van der Waals surface area contributed by atoms with Crippen molar-refractivity contribution in [3.8, 4) is 0 Å². The van der Waals surface area contributed by atoms with Crippen LogP contribution in [0.2, 0.25) is 0 Å². The Balaban J connectivity index is 2.84. The van der Waals surface area contributed by atoms with E-state index >= 15 is 0 Å². The van der Waals surface area contributed by atoms with Gasteiger partial charge in [-0.05, 0) is 17.9 Å². The van der Waals surface area contributed by atoms with Gasteiger partial charge in [0.2, 0.25) is 0 Å². The lowest BCUT2D eigenvalue weighted by atomic mass is 10.0. The van der Waals surface area contributed by atoms with Crippen LogP contribution in [-0.4, -0.2) is 10.1 Å². The molecule has 1 aromatic heterocycles. The topological polar surface area (TPSA) is 33.1 Å². The molecule has 0 saturated heterocycles. The number of hydrogen-bond acceptors (Lipinski definition) is 2. The maximum absolute atomic E-state index is 9.09. The van der Waals surface area contributed by atoms with E-state index in [0.717, 1.165) is 16.3 Å². The summed E-state index contributed by atoms with van der Waals surface area (Å²) >= 11 is 0. The molecule has 2 heteroatoms. The molecule has 1 aromatic carbocycles. The molecule has 1 heterocycles. The Bertz CT molecular complexity index is 437. The van der Waals surface area contributed by atoms with Gasteiger partial charge >= 0.3 is 0 Å². The second-order valence-corrected chi connectivity index (χ2v) is 3.13. The first-order valence-corrected chi connectivity index (χ1v) is 4.26. The maximum atomic E-state index is 9.09. The zero-order valence-corrected chi connectivity index (χ0v) is 7.49. The molecule has 0 aliphatic heterocycles. The van der Waals surface area contributed by atoms with Gasteiger partial charge in [-0.25, -0.2) is 0 Å². The third-order valence-electron chi connectivity index (χ3n) is 2.27. The summed E-state index contributed by atoms with van der Waals surface area (Å²) in [7, 11) is 0. The Morgan fingerprint density at radius 1 is 1.23 bits per heavy atom. The number of aliphatic hydroxyl groups is 1. The summed E-state index contributed by atoms with van der Waals surface area (Å²) in [6.45, 7) is 2.10. The molecule has 0 amide bonds. The van der Waals surface area contributed by atoms with Crippen molar-refractivity contribution in [1.82, 2.24) is 4.98 Å². The zero-order valence-electron chi connectivity index (χ0n) is 7.49. The molecule has 0 bridgehead atoms. The van der Waals surface area contributed by atoms with E-state index < -0.39 is 0 Å². The van der Waals surface area contributed by atoms with Crippen LogP contribution >= 0.6 is 0 Å². The lowest BCUT2D eigenvalue weighted by molar-refractivity contribution is 0.283. The molecule has 0 radical (unpaired) electrons. The number of aromatic nitrogens is 1. The number of fused-ring (bicyclic) bond motifs is 1. The summed E-state index contributed by atoms with van der Waals surface area (Å²) in [5, 5.41) is 11.3. The number of nitrogens with zero attached hydrogens (tertiary/aromatic N) is 1. The second-order valence-electron chi connectivity index (χ2n) is 3.13. The molecular formula is C11H11NO. The highest BCUT2D eigenvalue weighted by molar-refractivity contribution is 5.87. The molecule has 13 heavy (non-hydrogen) atoms. The van der Waals surface area contributed by atoms with E-state index in [9.17, 15) is 0 Å². The maximum Gasteiger partial charge on any atom is 0.0702 e. The molecule has 0 fully saturated rings. The quantitative estimate of drug-likeness (QED) is 0.715. The van der Waals surface area contributed by atoms with E-state index in [4.69, 9.17) is 5.11 Å². The average Bonchev–Trinajstić information content (AvgIpc) is 2.18. The number of hydrogen-bond donors (Lipinski definition) is 1. The van der Waals surface area contributed by atoms with Gasteiger partial charge in [0, 0.05) is 23.3 Å². The normalized spacial score (nSPS) is 10.6. The van der Waals surface area contributed by atoms with Crippen LogP contribution in [0.4, 0.5) is 0 Å². The van der Waals surface area contributed by atoms with Crippen LogP contribution in [0.25, 0.3) is 10.8 Å². The SMILES string of the molecule is Cc1cccc2c(CO)cncc12. The van der Waals surface area contributed by atoms with Crippen molar-refractivity contribution >= 4 is 10.8 Å². The molecule has 1 N–H and O–H groups in total. The number of aryl methyl sites for hydroxylation is 1. The first-order chi connectivity index (χ1) is 6.33. The molecule has 0 spiro atoms. The number of aliphatic hydroxyl groups excluding tert-OH is 1. The first-order valence-electron chi connectivity index (χ1n) is 4.26. The van der Waals surface area contributed by atoms with Crippen molar-refractivity contribution < 1.29 is 5.11 Å². The summed E-state index contributed by atoms with van der Waals surface area (Å²) < 4.78 is 0. The largest absolute Gasteiger partial charge is 0.392 e. The number of rotatable bonds is 1. The summed E-state index contributed by atoms with van der Waals surface area (Å²) in [5.41, 5.74) is 2.08. The van der Waals surface area contributed by atoms with Gasteiger partial charge < -0.3 is 5.11 Å². The van der Waals surface area contributed by atoms with Crippen LogP contribution in [-0.2, 0) is 6.61 Å². The Kier molecular flexibility index (Phi) is 1.99. The average molecular weight is 173 g/mol. The van der Waals surface area contributed by atoms with Crippen LogP contribution < -0.4 is 0 Å². The predicted molar refractivity (Wildman–Crippen MR) is 52.4 cm³/mol. The lowest BCUT2D eigenvalue weighted by Crippen LogP contribution is -1.89. The predicted octanol–water partition coefficient (Wildman–Crippen LogP) is 2.04. The van der Waals surface area contributed by atoms with Gasteiger partial charge in [-0.15, -0.1) is 0 Å². The minimum atomic E-state index is 0.0494. The van der Waals surface area contributed by atoms with Crippen molar-refractivity contribution in [2.24, 2.45) is 0 Å². The van der Waals surface area contributed by atoms with Gasteiger partial charge in [0.15, 0.2) is 0 Å². The number of benzene rings is 1. The van der Waals surface area contributed by atoms with Crippen molar-refractivity contribution in [3.63, 3.8) is 0 Å². The van der Waals surface area contributed by atoms with Gasteiger partial charge in [-0.3, -0.25) is 4.98 Å². The fraction of sp³-hybridized carbons (Fsp3) is 0.182. The minimum absolute atomic E-state index is 0.0494. The Hall–Kier alpha value is -1.41. The van der Waals surface area contributed by atoms with E-state index in [2.05, 4.69) is 4.98 Å². The monoisotopic (exact) mass is 173 g/mol. The van der Waals surface area contributed by atoms with Gasteiger partial charge in [0.05, 0.1) is 6.61 Å². The minimum Gasteiger partial charge on any atom is -0.392 e. The van der Waals surface area contributed by atoms with Gasteiger partial charge in [-0.2, -0.15) is 0 Å². The fourth-order valence-electron chi connectivity index (χ4n) is 1.53. The lowest BCUT2D eigenvalue weighted by Gasteiger charge is -2.04. The van der Waals surface area contributed by atoms with Crippen LogP contribution in [0.5, 0.6) is 0 Å². The summed E-state index contributed by atoms with van der Waals surface area (Å²) in [5.74, 6) is 0. The van der Waals surface area contributed by atoms with E-state index in [1.165, 1.54) is 5.56 Å². The highest BCUT2D eigenvalue weighted by Gasteiger charge is 2.01. The van der Waals surface area contributed by atoms with E-state index in [1.807, 2.05) is 31.3 Å². The Labute approximate surface area is 76.9 Å². The molecule has 2 aromatic rings. The summed E-state index contributed by atoms with van der Waals surface area (Å²) in [6.07, 6.45) is 3.55. The second kappa shape index (κ2) is 3.15. The molecule has 2 nitrogen and oxygen atoms in total. The zero-order chi connectivity index (χ0) is 9.26. The molecule has 0 atom stereocenters. The molecule has 66 valence electrons. The molecule has 2 rings (SSSR count). The van der Waals surface area contributed by atoms with Gasteiger partial charge in [0.25, 0.3) is 0 Å². The Morgan fingerprint density at radius 2 is 2.08 bits per heavy atom. The van der Waals surface area contributed by atoms with E-state index in [1.54, 1.807) is 6.20 Å². The standard InChI is InChI=1S/C11H11NO/c1-8-3-2-4-10-9(7-13)5-12-6-11(8)10/h2-6,13H,7H2,1H3. The van der Waals surface area contributed by atoms with Crippen LogP contribution in [0.15, 0.2) is 30.6 Å². The molecule has 0 aliphatic rings. The summed E-state index contributed by atoms with van der Waals surface area (Å²) in [6, 6.07) is 6.05. The molecular weight excluding hydrogens is 162 g/mol. The molecule has 0 saturated carbocycles. The van der Waals surface area contributed by atoms with Crippen molar-refractivity contribution in [2.75, 3.05) is 0 Å². The smallest absolute Gasteiger partial charge is 0.0702 e. The number of pyridine rings is 1. The van der Waals surface area contributed by atoms with Crippen molar-refractivity contribution in [3.05, 3.63) is 41.7 Å². The third-order valence-corrected chi connectivity index (χ3v) is 2.27. The highest BCUT2D eigenvalue weighted by Crippen LogP contribution is 2.20. The van der Waals surface area contributed by atoms with Gasteiger partial charge in [-0.1, -0.05) is 18.2 Å². The van der Waals surface area contributed by atoms with Crippen molar-refractivity contribution in [1.29, 1.82) is 0 Å². The first kappa shape index (κ1) is 8.20. The Morgan fingerprint density at radius 3 is 2.85 bits per heavy atom. The highest BCUT2D eigenvalue weighted by atomic mass is 16.3. The van der Waals surface area contributed by atoms with Crippen LogP contribution in [0, 0.1) is 6.92 Å². The fourth-order valence-corrected chi connectivity index (χ4v) is 1.53. The third kappa shape index (κ3) is 1.29. The van der Waals surface area contributed by atoms with E-state index in [-0.39, 0.29) is 6.61 Å². The van der Waals surface area contributed by atoms with Crippen molar-refractivity contribution in [2.45, 2.75) is 13.5 Å².